The van der Waals surface area contributed by atoms with Crippen molar-refractivity contribution >= 4 is 11.8 Å². The number of hydrogen-bond acceptors (Lipinski definition) is 3. The van der Waals surface area contributed by atoms with Crippen LogP contribution in [-0.4, -0.2) is 20.9 Å². The number of aromatic carboxylic acids is 1. The third-order valence-electron chi connectivity index (χ3n) is 2.67. The summed E-state index contributed by atoms with van der Waals surface area (Å²) in [5, 5.41) is 13.1. The van der Waals surface area contributed by atoms with Gasteiger partial charge in [0.05, 0.1) is 12.1 Å². The summed E-state index contributed by atoms with van der Waals surface area (Å²) >= 11 is 0. The van der Waals surface area contributed by atoms with Crippen molar-refractivity contribution in [1.82, 2.24) is 9.78 Å². The van der Waals surface area contributed by atoms with E-state index < -0.39 is 5.97 Å². The Morgan fingerprint density at radius 1 is 1.47 bits per heavy atom. The molecule has 1 aromatic carbocycles. The Labute approximate surface area is 98.5 Å². The van der Waals surface area contributed by atoms with Gasteiger partial charge in [0.1, 0.15) is 5.82 Å². The summed E-state index contributed by atoms with van der Waals surface area (Å²) < 4.78 is 1.68. The zero-order valence-electron chi connectivity index (χ0n) is 9.42. The Hall–Kier alpha value is -2.30. The van der Waals surface area contributed by atoms with E-state index in [1.165, 1.54) is 0 Å². The van der Waals surface area contributed by atoms with Crippen molar-refractivity contribution in [3.8, 4) is 0 Å². The molecule has 0 atom stereocenters. The zero-order valence-corrected chi connectivity index (χ0v) is 9.42. The van der Waals surface area contributed by atoms with Crippen molar-refractivity contribution in [2.75, 3.05) is 5.73 Å². The first kappa shape index (κ1) is 11.2. The predicted octanol–water partition coefficient (Wildman–Crippen LogP) is 1.52. The third kappa shape index (κ3) is 2.28. The molecule has 5 nitrogen and oxygen atoms in total. The average molecular weight is 231 g/mol. The number of nitrogen functional groups attached to an aromatic ring is 1. The van der Waals surface area contributed by atoms with Crippen LogP contribution in [0.15, 0.2) is 30.5 Å². The normalized spacial score (nSPS) is 10.4. The summed E-state index contributed by atoms with van der Waals surface area (Å²) in [7, 11) is 0. The van der Waals surface area contributed by atoms with Crippen LogP contribution >= 0.6 is 0 Å². The van der Waals surface area contributed by atoms with Gasteiger partial charge in [-0.05, 0) is 30.2 Å². The van der Waals surface area contributed by atoms with Crippen molar-refractivity contribution in [1.29, 1.82) is 0 Å². The minimum absolute atomic E-state index is 0.322. The fourth-order valence-electron chi connectivity index (χ4n) is 1.73. The Kier molecular flexibility index (Phi) is 2.82. The molecular formula is C12H13N3O2. The minimum atomic E-state index is -0.913. The van der Waals surface area contributed by atoms with Crippen molar-refractivity contribution in [3.05, 3.63) is 47.2 Å². The lowest BCUT2D eigenvalue weighted by Gasteiger charge is -2.08. The molecule has 3 N–H and O–H groups in total. The van der Waals surface area contributed by atoms with Crippen molar-refractivity contribution in [2.24, 2.45) is 0 Å². The van der Waals surface area contributed by atoms with Crippen LogP contribution in [0.2, 0.25) is 0 Å². The molecule has 88 valence electrons. The van der Waals surface area contributed by atoms with Gasteiger partial charge in [-0.15, -0.1) is 0 Å². The number of carboxylic acid groups (broad SMARTS) is 1. The fourth-order valence-corrected chi connectivity index (χ4v) is 1.73. The Balaban J connectivity index is 2.33. The topological polar surface area (TPSA) is 81.1 Å². The van der Waals surface area contributed by atoms with Crippen molar-refractivity contribution < 1.29 is 9.90 Å². The van der Waals surface area contributed by atoms with E-state index in [1.807, 2.05) is 6.07 Å². The largest absolute Gasteiger partial charge is 0.478 e. The number of carbonyl (C=O) groups is 1. The molecule has 0 fully saturated rings. The SMILES string of the molecule is Cc1c(Cn2ccc(N)n2)cccc1C(=O)O. The third-order valence-corrected chi connectivity index (χ3v) is 2.67. The van der Waals surface area contributed by atoms with Crippen molar-refractivity contribution in [3.63, 3.8) is 0 Å². The fraction of sp³-hybridized carbons (Fsp3) is 0.167. The highest BCUT2D eigenvalue weighted by Gasteiger charge is 2.10. The van der Waals surface area contributed by atoms with E-state index in [2.05, 4.69) is 5.10 Å². The van der Waals surface area contributed by atoms with E-state index in [4.69, 9.17) is 10.8 Å². The molecule has 0 radical (unpaired) electrons. The van der Waals surface area contributed by atoms with Crippen LogP contribution in [-0.2, 0) is 6.54 Å². The Bertz CT molecular complexity index is 561. The molecule has 0 aliphatic carbocycles. The minimum Gasteiger partial charge on any atom is -0.478 e. The maximum absolute atomic E-state index is 11.0. The molecule has 5 heteroatoms. The second kappa shape index (κ2) is 4.29. The van der Waals surface area contributed by atoms with Gasteiger partial charge < -0.3 is 10.8 Å². The van der Waals surface area contributed by atoms with Gasteiger partial charge in [-0.1, -0.05) is 12.1 Å². The monoisotopic (exact) mass is 231 g/mol. The van der Waals surface area contributed by atoms with Gasteiger partial charge >= 0.3 is 5.97 Å². The van der Waals surface area contributed by atoms with Crippen LogP contribution in [0.1, 0.15) is 21.5 Å². The van der Waals surface area contributed by atoms with E-state index >= 15 is 0 Å². The number of nitrogens with zero attached hydrogens (tertiary/aromatic N) is 2. The van der Waals surface area contributed by atoms with Crippen LogP contribution < -0.4 is 5.73 Å². The van der Waals surface area contributed by atoms with Crippen LogP contribution in [0.3, 0.4) is 0 Å². The number of nitrogens with two attached hydrogens (primary N) is 1. The van der Waals surface area contributed by atoms with Gasteiger partial charge in [0.2, 0.25) is 0 Å². The first-order valence-corrected chi connectivity index (χ1v) is 5.18. The van der Waals surface area contributed by atoms with Gasteiger partial charge in [-0.2, -0.15) is 5.10 Å². The number of aromatic nitrogens is 2. The summed E-state index contributed by atoms with van der Waals surface area (Å²) in [6, 6.07) is 6.92. The lowest BCUT2D eigenvalue weighted by molar-refractivity contribution is 0.0696. The van der Waals surface area contributed by atoms with E-state index in [0.29, 0.717) is 17.9 Å². The molecule has 0 unspecified atom stereocenters. The van der Waals surface area contributed by atoms with Gasteiger partial charge in [-0.3, -0.25) is 4.68 Å². The maximum Gasteiger partial charge on any atom is 0.335 e. The zero-order chi connectivity index (χ0) is 12.4. The summed E-state index contributed by atoms with van der Waals surface area (Å²) in [6.07, 6.45) is 1.77. The van der Waals surface area contributed by atoms with Crippen molar-refractivity contribution in [2.45, 2.75) is 13.5 Å². The Morgan fingerprint density at radius 3 is 2.82 bits per heavy atom. The highest BCUT2D eigenvalue weighted by atomic mass is 16.4. The summed E-state index contributed by atoms with van der Waals surface area (Å²) in [4.78, 5) is 11.0. The molecule has 0 aliphatic rings. The molecule has 2 rings (SSSR count). The highest BCUT2D eigenvalue weighted by molar-refractivity contribution is 5.89. The average Bonchev–Trinajstić information content (AvgIpc) is 2.67. The number of rotatable bonds is 3. The molecule has 17 heavy (non-hydrogen) atoms. The van der Waals surface area contributed by atoms with E-state index in [1.54, 1.807) is 36.0 Å². The molecule has 0 spiro atoms. The molecule has 0 aliphatic heterocycles. The molecular weight excluding hydrogens is 218 g/mol. The number of anilines is 1. The second-order valence-corrected chi connectivity index (χ2v) is 3.83. The molecule has 0 saturated carbocycles. The predicted molar refractivity (Wildman–Crippen MR) is 63.9 cm³/mol. The molecule has 1 aromatic heterocycles. The van der Waals surface area contributed by atoms with Crippen LogP contribution in [0.5, 0.6) is 0 Å². The van der Waals surface area contributed by atoms with Crippen LogP contribution in [0, 0.1) is 6.92 Å². The van der Waals surface area contributed by atoms with Gasteiger partial charge in [0.15, 0.2) is 0 Å². The van der Waals surface area contributed by atoms with Crippen LogP contribution in [0.4, 0.5) is 5.82 Å². The molecule has 0 saturated heterocycles. The van der Waals surface area contributed by atoms with Gasteiger partial charge in [0.25, 0.3) is 0 Å². The lowest BCUT2D eigenvalue weighted by atomic mass is 10.0. The maximum atomic E-state index is 11.0. The number of hydrogen-bond donors (Lipinski definition) is 2. The summed E-state index contributed by atoms with van der Waals surface area (Å²) in [5.41, 5.74) is 7.53. The van der Waals surface area contributed by atoms with E-state index in [9.17, 15) is 4.79 Å². The lowest BCUT2D eigenvalue weighted by Crippen LogP contribution is -2.07. The second-order valence-electron chi connectivity index (χ2n) is 3.83. The first-order valence-electron chi connectivity index (χ1n) is 5.18. The van der Waals surface area contributed by atoms with Gasteiger partial charge in [0, 0.05) is 6.20 Å². The van der Waals surface area contributed by atoms with Crippen LogP contribution in [0.25, 0.3) is 0 Å². The smallest absolute Gasteiger partial charge is 0.335 e. The van der Waals surface area contributed by atoms with E-state index in [0.717, 1.165) is 11.1 Å². The molecule has 0 bridgehead atoms. The van der Waals surface area contributed by atoms with E-state index in [-0.39, 0.29) is 0 Å². The highest BCUT2D eigenvalue weighted by Crippen LogP contribution is 2.15. The number of carboxylic acids is 1. The molecule has 1 heterocycles. The molecule has 0 amide bonds. The first-order chi connectivity index (χ1) is 8.08. The molecule has 2 aromatic rings. The summed E-state index contributed by atoms with van der Waals surface area (Å²) in [6.45, 7) is 2.32. The standard InChI is InChI=1S/C12H13N3O2/c1-8-9(3-2-4-10(8)12(16)17)7-15-6-5-11(13)14-15/h2-6H,7H2,1H3,(H2,13,14)(H,16,17). The quantitative estimate of drug-likeness (QED) is 0.839. The summed E-state index contributed by atoms with van der Waals surface area (Å²) in [5.74, 6) is -0.457. The number of benzene rings is 1. The Morgan fingerprint density at radius 2 is 2.24 bits per heavy atom. The van der Waals surface area contributed by atoms with Gasteiger partial charge in [-0.25, -0.2) is 4.79 Å².